The number of hydrogen-bond acceptors (Lipinski definition) is 12. The fourth-order valence-corrected chi connectivity index (χ4v) is 6.87. The monoisotopic (exact) mass is 672 g/mol. The highest BCUT2D eigenvalue weighted by Crippen LogP contribution is 2.49. The van der Waals surface area contributed by atoms with Gasteiger partial charge < -0.3 is 29.9 Å². The van der Waals surface area contributed by atoms with Crippen molar-refractivity contribution < 1.29 is 38.1 Å². The standard InChI is InChI=1S/C31H41N6O9P/c1-17(2)22(27(40)43-15-30(3,4)5)36-47(42,46-20-13-9-11-18-10-7-8-12-19(18)20)44-14-21-24(38)31(6,41)28(45-21)37-16-33-23-25(37)34-29(32)35-26(23)39/h7-13,16-17,21-22,24,28,38,41H,14-15H2,1-6H3,(H,36,42)(H3,32,34,35,39)/t21-,22+,24-,28-,31-,47?/m1/s1. The van der Waals surface area contributed by atoms with Crippen molar-refractivity contribution in [2.75, 3.05) is 18.9 Å². The summed E-state index contributed by atoms with van der Waals surface area (Å²) in [6, 6.07) is 11.4. The summed E-state index contributed by atoms with van der Waals surface area (Å²) in [7, 11) is -4.44. The Morgan fingerprint density at radius 3 is 2.64 bits per heavy atom. The first-order valence-corrected chi connectivity index (χ1v) is 16.7. The van der Waals surface area contributed by atoms with Crippen molar-refractivity contribution in [2.24, 2.45) is 11.3 Å². The first kappa shape index (κ1) is 34.5. The number of H-pyrrole nitrogens is 1. The predicted molar refractivity (Wildman–Crippen MR) is 173 cm³/mol. The highest BCUT2D eigenvalue weighted by Gasteiger charge is 2.54. The topological polar surface area (TPSA) is 213 Å². The molecule has 0 saturated carbocycles. The van der Waals surface area contributed by atoms with Crippen molar-refractivity contribution >= 4 is 41.6 Å². The zero-order valence-corrected chi connectivity index (χ0v) is 27.9. The third-order valence-corrected chi connectivity index (χ3v) is 9.22. The van der Waals surface area contributed by atoms with Crippen LogP contribution in [0.3, 0.4) is 0 Å². The van der Waals surface area contributed by atoms with Gasteiger partial charge in [-0.15, -0.1) is 0 Å². The summed E-state index contributed by atoms with van der Waals surface area (Å²) < 4.78 is 39.4. The molecule has 1 aliphatic rings. The molecule has 15 nitrogen and oxygen atoms in total. The van der Waals surface area contributed by atoms with Crippen LogP contribution in [0.1, 0.15) is 47.8 Å². The van der Waals surface area contributed by atoms with Gasteiger partial charge in [-0.2, -0.15) is 10.1 Å². The van der Waals surface area contributed by atoms with E-state index in [0.717, 1.165) is 5.39 Å². The van der Waals surface area contributed by atoms with Gasteiger partial charge in [-0.05, 0) is 29.7 Å². The summed E-state index contributed by atoms with van der Waals surface area (Å²) in [6.45, 7) is 10.2. The van der Waals surface area contributed by atoms with E-state index >= 15 is 0 Å². The maximum Gasteiger partial charge on any atom is 0.459 e. The summed E-state index contributed by atoms with van der Waals surface area (Å²) in [5.41, 5.74) is 2.83. The number of ether oxygens (including phenoxy) is 2. The maximum absolute atomic E-state index is 14.6. The molecule has 3 heterocycles. The molecule has 0 amide bonds. The molecule has 1 aliphatic heterocycles. The molecule has 2 aromatic carbocycles. The zero-order chi connectivity index (χ0) is 34.3. The number of esters is 1. The van der Waals surface area contributed by atoms with Crippen LogP contribution in [0.25, 0.3) is 21.9 Å². The Hall–Kier alpha value is -3.85. The highest BCUT2D eigenvalue weighted by atomic mass is 31.2. The molecule has 6 atom stereocenters. The Labute approximate surface area is 271 Å². The minimum atomic E-state index is -4.44. The van der Waals surface area contributed by atoms with Crippen LogP contribution in [-0.4, -0.2) is 72.8 Å². The number of imidazole rings is 1. The molecule has 1 saturated heterocycles. The Kier molecular flexibility index (Phi) is 9.52. The quantitative estimate of drug-likeness (QED) is 0.114. The molecule has 1 fully saturated rings. The summed E-state index contributed by atoms with van der Waals surface area (Å²) in [4.78, 5) is 36.1. The Morgan fingerprint density at radius 2 is 1.94 bits per heavy atom. The fraction of sp³-hybridized carbons (Fsp3) is 0.484. The second kappa shape index (κ2) is 13.0. The molecule has 1 unspecified atom stereocenters. The minimum Gasteiger partial charge on any atom is -0.464 e. The molecule has 254 valence electrons. The normalized spacial score (nSPS) is 23.6. The third kappa shape index (κ3) is 7.35. The number of aliphatic hydroxyl groups is 2. The molecule has 4 aromatic rings. The predicted octanol–water partition coefficient (Wildman–Crippen LogP) is 3.27. The van der Waals surface area contributed by atoms with Crippen molar-refractivity contribution in [2.45, 2.75) is 71.6 Å². The first-order valence-electron chi connectivity index (χ1n) is 15.1. The van der Waals surface area contributed by atoms with Gasteiger partial charge in [-0.3, -0.25) is 23.7 Å². The van der Waals surface area contributed by atoms with Gasteiger partial charge in [-0.25, -0.2) is 9.55 Å². The average molecular weight is 673 g/mol. The van der Waals surface area contributed by atoms with E-state index in [-0.39, 0.29) is 34.9 Å². The summed E-state index contributed by atoms with van der Waals surface area (Å²) in [5, 5.41) is 26.8. The lowest BCUT2D eigenvalue weighted by atomic mass is 9.96. The number of benzene rings is 2. The van der Waals surface area contributed by atoms with Crippen LogP contribution in [0.2, 0.25) is 0 Å². The number of nitrogen functional groups attached to an aromatic ring is 1. The molecular weight excluding hydrogens is 631 g/mol. The van der Waals surface area contributed by atoms with Crippen LogP contribution in [0.4, 0.5) is 5.95 Å². The van der Waals surface area contributed by atoms with Crippen LogP contribution in [0, 0.1) is 11.3 Å². The van der Waals surface area contributed by atoms with E-state index in [0.29, 0.717) is 5.39 Å². The Bertz CT molecular complexity index is 1860. The lowest BCUT2D eigenvalue weighted by Crippen LogP contribution is -2.45. The van der Waals surface area contributed by atoms with Crippen LogP contribution >= 0.6 is 7.75 Å². The number of nitrogens with zero attached hydrogens (tertiary/aromatic N) is 3. The maximum atomic E-state index is 14.6. The van der Waals surface area contributed by atoms with Gasteiger partial charge in [0.1, 0.15) is 29.6 Å². The third-order valence-electron chi connectivity index (χ3n) is 7.70. The number of nitrogens with one attached hydrogen (secondary N) is 2. The molecule has 16 heteroatoms. The van der Waals surface area contributed by atoms with Gasteiger partial charge in [0.05, 0.1) is 19.5 Å². The van der Waals surface area contributed by atoms with Gasteiger partial charge in [0.25, 0.3) is 5.56 Å². The number of aromatic nitrogens is 4. The van der Waals surface area contributed by atoms with Gasteiger partial charge in [0.2, 0.25) is 5.95 Å². The molecular formula is C31H41N6O9P. The second-order valence-electron chi connectivity index (χ2n) is 13.4. The lowest BCUT2D eigenvalue weighted by Gasteiger charge is -2.29. The zero-order valence-electron chi connectivity index (χ0n) is 27.0. The number of aromatic amines is 1. The van der Waals surface area contributed by atoms with Gasteiger partial charge in [0, 0.05) is 5.39 Å². The molecule has 5 rings (SSSR count). The van der Waals surface area contributed by atoms with Crippen LogP contribution < -0.4 is 20.9 Å². The number of anilines is 1. The summed E-state index contributed by atoms with van der Waals surface area (Å²) >= 11 is 0. The van der Waals surface area contributed by atoms with Crippen LogP contribution in [0.5, 0.6) is 5.75 Å². The smallest absolute Gasteiger partial charge is 0.459 e. The lowest BCUT2D eigenvalue weighted by molar-refractivity contribution is -0.149. The van der Waals surface area contributed by atoms with Crippen molar-refractivity contribution in [3.8, 4) is 5.75 Å². The number of aliphatic hydroxyl groups excluding tert-OH is 1. The fourth-order valence-electron chi connectivity index (χ4n) is 5.18. The van der Waals surface area contributed by atoms with E-state index in [2.05, 4.69) is 20.0 Å². The molecule has 0 aliphatic carbocycles. The van der Waals surface area contributed by atoms with Gasteiger partial charge in [0.15, 0.2) is 17.4 Å². The van der Waals surface area contributed by atoms with Crippen molar-refractivity contribution in [3.63, 3.8) is 0 Å². The van der Waals surface area contributed by atoms with Crippen LogP contribution in [0.15, 0.2) is 53.6 Å². The molecule has 0 spiro atoms. The largest absolute Gasteiger partial charge is 0.464 e. The Morgan fingerprint density at radius 1 is 1.23 bits per heavy atom. The van der Waals surface area contributed by atoms with Crippen molar-refractivity contribution in [1.29, 1.82) is 0 Å². The van der Waals surface area contributed by atoms with E-state index < -0.39 is 61.9 Å². The first-order chi connectivity index (χ1) is 22.0. The summed E-state index contributed by atoms with van der Waals surface area (Å²) in [5.74, 6) is -0.998. The van der Waals surface area contributed by atoms with Crippen molar-refractivity contribution in [1.82, 2.24) is 24.6 Å². The number of nitrogens with two attached hydrogens (primary N) is 1. The van der Waals surface area contributed by atoms with E-state index in [1.165, 1.54) is 17.8 Å². The molecule has 0 radical (unpaired) electrons. The number of carbonyl (C=O) groups excluding carboxylic acids is 1. The SMILES string of the molecule is CC(C)[C@H](NP(=O)(OC[C@H]1O[C@@H](n2cnc3c(=O)[nH]c(N)nc32)[C@](C)(O)[C@@H]1O)Oc1cccc2ccccc12)C(=O)OCC(C)(C)C. The van der Waals surface area contributed by atoms with Crippen molar-refractivity contribution in [3.05, 3.63) is 59.1 Å². The molecule has 2 aromatic heterocycles. The van der Waals surface area contributed by atoms with E-state index in [1.54, 1.807) is 38.1 Å². The van der Waals surface area contributed by atoms with Gasteiger partial charge >= 0.3 is 13.7 Å². The van der Waals surface area contributed by atoms with E-state index in [1.807, 2.05) is 39.0 Å². The minimum absolute atomic E-state index is 0.0189. The molecule has 0 bridgehead atoms. The van der Waals surface area contributed by atoms with E-state index in [9.17, 15) is 24.4 Å². The van der Waals surface area contributed by atoms with Gasteiger partial charge in [-0.1, -0.05) is 71.0 Å². The molecule has 47 heavy (non-hydrogen) atoms. The number of rotatable bonds is 11. The number of hydrogen-bond donors (Lipinski definition) is 5. The Balaban J connectivity index is 1.44. The van der Waals surface area contributed by atoms with Crippen LogP contribution in [-0.2, 0) is 23.4 Å². The van der Waals surface area contributed by atoms with E-state index in [4.69, 9.17) is 24.3 Å². The number of fused-ring (bicyclic) bond motifs is 2. The number of carbonyl (C=O) groups is 1. The average Bonchev–Trinajstić information content (AvgIpc) is 3.51. The highest BCUT2D eigenvalue weighted by molar-refractivity contribution is 7.52. The summed E-state index contributed by atoms with van der Waals surface area (Å²) in [6.07, 6.45) is -2.91. The second-order valence-corrected chi connectivity index (χ2v) is 15.0. The molecule has 6 N–H and O–H groups in total.